The first-order valence-electron chi connectivity index (χ1n) is 5.27. The molecule has 0 amide bonds. The first kappa shape index (κ1) is 9.32. The summed E-state index contributed by atoms with van der Waals surface area (Å²) >= 11 is 0. The van der Waals surface area contributed by atoms with Crippen LogP contribution in [0.1, 0.15) is 24.8 Å². The molecular formula is C13H16O. The Morgan fingerprint density at radius 2 is 2.00 bits per heavy atom. The smallest absolute Gasteiger partial charge is 0.115 e. The van der Waals surface area contributed by atoms with Gasteiger partial charge < -0.3 is 5.11 Å². The lowest BCUT2D eigenvalue weighted by atomic mass is 9.97. The number of aromatic hydroxyl groups is 1. The minimum Gasteiger partial charge on any atom is -0.508 e. The Morgan fingerprint density at radius 3 is 2.71 bits per heavy atom. The van der Waals surface area contributed by atoms with Crippen molar-refractivity contribution in [2.24, 2.45) is 5.92 Å². The second-order valence-electron chi connectivity index (χ2n) is 4.02. The van der Waals surface area contributed by atoms with Gasteiger partial charge in [-0.1, -0.05) is 24.3 Å². The van der Waals surface area contributed by atoms with Gasteiger partial charge in [-0.25, -0.2) is 0 Å². The molecule has 1 aromatic carbocycles. The Balaban J connectivity index is 1.85. The molecule has 0 bridgehead atoms. The number of aryl methyl sites for hydroxylation is 1. The normalized spacial score (nSPS) is 16.3. The van der Waals surface area contributed by atoms with Crippen LogP contribution in [-0.4, -0.2) is 5.11 Å². The molecule has 2 rings (SSSR count). The maximum Gasteiger partial charge on any atom is 0.115 e. The van der Waals surface area contributed by atoms with E-state index in [0.717, 1.165) is 12.3 Å². The van der Waals surface area contributed by atoms with E-state index in [4.69, 9.17) is 0 Å². The number of hydrogen-bond donors (Lipinski definition) is 1. The van der Waals surface area contributed by atoms with Crippen molar-refractivity contribution >= 4 is 0 Å². The van der Waals surface area contributed by atoms with Crippen molar-refractivity contribution in [2.45, 2.75) is 25.7 Å². The Hall–Kier alpha value is -1.24. The maximum absolute atomic E-state index is 9.29. The standard InChI is InChI=1S/C13H16O/c14-13-7-3-6-12(10-13)9-8-11-4-1-2-5-11/h1-3,6-7,10-11,14H,4-5,8-9H2. The fourth-order valence-corrected chi connectivity index (χ4v) is 1.99. The van der Waals surface area contributed by atoms with Crippen molar-refractivity contribution in [3.8, 4) is 5.75 Å². The van der Waals surface area contributed by atoms with E-state index in [-0.39, 0.29) is 0 Å². The van der Waals surface area contributed by atoms with Crippen LogP contribution in [0.5, 0.6) is 5.75 Å². The molecule has 0 spiro atoms. The third-order valence-corrected chi connectivity index (χ3v) is 2.86. The average molecular weight is 188 g/mol. The van der Waals surface area contributed by atoms with Gasteiger partial charge in [0.2, 0.25) is 0 Å². The molecule has 0 aliphatic heterocycles. The van der Waals surface area contributed by atoms with Crippen molar-refractivity contribution in [3.05, 3.63) is 42.0 Å². The molecule has 0 saturated heterocycles. The molecule has 0 atom stereocenters. The van der Waals surface area contributed by atoms with Crippen LogP contribution in [0.4, 0.5) is 0 Å². The fraction of sp³-hybridized carbons (Fsp3) is 0.385. The number of phenols is 1. The zero-order chi connectivity index (χ0) is 9.80. The minimum atomic E-state index is 0.382. The third-order valence-electron chi connectivity index (χ3n) is 2.86. The van der Waals surface area contributed by atoms with E-state index < -0.39 is 0 Å². The van der Waals surface area contributed by atoms with Gasteiger partial charge in [-0.05, 0) is 49.3 Å². The quantitative estimate of drug-likeness (QED) is 0.722. The predicted octanol–water partition coefficient (Wildman–Crippen LogP) is 3.29. The Kier molecular flexibility index (Phi) is 2.87. The summed E-state index contributed by atoms with van der Waals surface area (Å²) in [4.78, 5) is 0. The van der Waals surface area contributed by atoms with Crippen LogP contribution in [0.15, 0.2) is 36.4 Å². The zero-order valence-corrected chi connectivity index (χ0v) is 8.32. The van der Waals surface area contributed by atoms with Crippen LogP contribution in [0.3, 0.4) is 0 Å². The van der Waals surface area contributed by atoms with E-state index in [2.05, 4.69) is 18.2 Å². The van der Waals surface area contributed by atoms with Gasteiger partial charge in [-0.3, -0.25) is 0 Å². The van der Waals surface area contributed by atoms with E-state index in [1.165, 1.54) is 24.8 Å². The Morgan fingerprint density at radius 1 is 1.21 bits per heavy atom. The second-order valence-corrected chi connectivity index (χ2v) is 4.02. The van der Waals surface area contributed by atoms with Gasteiger partial charge >= 0.3 is 0 Å². The first-order chi connectivity index (χ1) is 6.84. The lowest BCUT2D eigenvalue weighted by Crippen LogP contribution is -1.96. The van der Waals surface area contributed by atoms with E-state index in [1.54, 1.807) is 6.07 Å². The van der Waals surface area contributed by atoms with E-state index in [9.17, 15) is 5.11 Å². The van der Waals surface area contributed by atoms with Crippen LogP contribution >= 0.6 is 0 Å². The summed E-state index contributed by atoms with van der Waals surface area (Å²) in [6.45, 7) is 0. The maximum atomic E-state index is 9.29. The lowest BCUT2D eigenvalue weighted by Gasteiger charge is -2.08. The third kappa shape index (κ3) is 2.38. The molecule has 1 heteroatoms. The van der Waals surface area contributed by atoms with Crippen LogP contribution in [0, 0.1) is 5.92 Å². The monoisotopic (exact) mass is 188 g/mol. The number of rotatable bonds is 3. The van der Waals surface area contributed by atoms with Gasteiger partial charge in [-0.2, -0.15) is 0 Å². The van der Waals surface area contributed by atoms with Crippen molar-refractivity contribution in [1.82, 2.24) is 0 Å². The summed E-state index contributed by atoms with van der Waals surface area (Å²) in [5.41, 5.74) is 1.25. The molecule has 14 heavy (non-hydrogen) atoms. The van der Waals surface area contributed by atoms with Crippen LogP contribution in [0.2, 0.25) is 0 Å². The number of benzene rings is 1. The molecule has 0 heterocycles. The number of allylic oxidation sites excluding steroid dienone is 2. The molecule has 0 aromatic heterocycles. The van der Waals surface area contributed by atoms with Gasteiger partial charge in [-0.15, -0.1) is 0 Å². The first-order valence-corrected chi connectivity index (χ1v) is 5.27. The largest absolute Gasteiger partial charge is 0.508 e. The van der Waals surface area contributed by atoms with Gasteiger partial charge in [0.15, 0.2) is 0 Å². The Bertz CT molecular complexity index is 320. The molecule has 0 radical (unpaired) electrons. The predicted molar refractivity (Wildman–Crippen MR) is 58.3 cm³/mol. The number of hydrogen-bond acceptors (Lipinski definition) is 1. The molecule has 0 saturated carbocycles. The lowest BCUT2D eigenvalue weighted by molar-refractivity contribution is 0.473. The highest BCUT2D eigenvalue weighted by molar-refractivity contribution is 5.27. The second kappa shape index (κ2) is 4.32. The summed E-state index contributed by atoms with van der Waals surface area (Å²) in [6.07, 6.45) is 9.33. The number of phenolic OH excluding ortho intramolecular Hbond substituents is 1. The minimum absolute atomic E-state index is 0.382. The summed E-state index contributed by atoms with van der Waals surface area (Å²) in [7, 11) is 0. The highest BCUT2D eigenvalue weighted by Gasteiger charge is 2.09. The molecule has 1 nitrogen and oxygen atoms in total. The highest BCUT2D eigenvalue weighted by Crippen LogP contribution is 2.23. The van der Waals surface area contributed by atoms with Gasteiger partial charge in [0.05, 0.1) is 0 Å². The topological polar surface area (TPSA) is 20.2 Å². The molecule has 0 fully saturated rings. The van der Waals surface area contributed by atoms with Crippen molar-refractivity contribution in [3.63, 3.8) is 0 Å². The molecular weight excluding hydrogens is 172 g/mol. The van der Waals surface area contributed by atoms with Crippen molar-refractivity contribution < 1.29 is 5.11 Å². The van der Waals surface area contributed by atoms with Crippen molar-refractivity contribution in [2.75, 3.05) is 0 Å². The summed E-state index contributed by atoms with van der Waals surface area (Å²) < 4.78 is 0. The van der Waals surface area contributed by atoms with Crippen LogP contribution < -0.4 is 0 Å². The van der Waals surface area contributed by atoms with Crippen LogP contribution in [-0.2, 0) is 6.42 Å². The molecule has 1 aromatic rings. The van der Waals surface area contributed by atoms with E-state index in [1.807, 2.05) is 12.1 Å². The molecule has 0 unspecified atom stereocenters. The zero-order valence-electron chi connectivity index (χ0n) is 8.32. The van der Waals surface area contributed by atoms with E-state index >= 15 is 0 Å². The summed E-state index contributed by atoms with van der Waals surface area (Å²) in [6, 6.07) is 7.59. The molecule has 1 N–H and O–H groups in total. The molecule has 74 valence electrons. The fourth-order valence-electron chi connectivity index (χ4n) is 1.99. The van der Waals surface area contributed by atoms with Gasteiger partial charge in [0.25, 0.3) is 0 Å². The van der Waals surface area contributed by atoms with Crippen molar-refractivity contribution in [1.29, 1.82) is 0 Å². The van der Waals surface area contributed by atoms with Crippen LogP contribution in [0.25, 0.3) is 0 Å². The summed E-state index contributed by atoms with van der Waals surface area (Å²) in [5.74, 6) is 1.21. The van der Waals surface area contributed by atoms with E-state index in [0.29, 0.717) is 5.75 Å². The van der Waals surface area contributed by atoms with Gasteiger partial charge in [0.1, 0.15) is 5.75 Å². The highest BCUT2D eigenvalue weighted by atomic mass is 16.3. The van der Waals surface area contributed by atoms with Gasteiger partial charge in [0, 0.05) is 0 Å². The SMILES string of the molecule is Oc1cccc(CCC2CC=CC2)c1. The summed E-state index contributed by atoms with van der Waals surface area (Å²) in [5, 5.41) is 9.29. The average Bonchev–Trinajstić information content (AvgIpc) is 2.67. The molecule has 1 aliphatic rings. The Labute approximate surface area is 85.1 Å². The molecule has 1 aliphatic carbocycles.